The van der Waals surface area contributed by atoms with Crippen LogP contribution in [-0.4, -0.2) is 39.9 Å². The third-order valence-corrected chi connectivity index (χ3v) is 7.13. The molecule has 0 bridgehead atoms. The summed E-state index contributed by atoms with van der Waals surface area (Å²) in [5, 5.41) is 3.07. The summed E-state index contributed by atoms with van der Waals surface area (Å²) in [6, 6.07) is 3.65. The van der Waals surface area contributed by atoms with Gasteiger partial charge in [0.1, 0.15) is 4.21 Å². The van der Waals surface area contributed by atoms with Gasteiger partial charge in [0, 0.05) is 18.5 Å². The van der Waals surface area contributed by atoms with Crippen LogP contribution in [0.4, 0.5) is 0 Å². The monoisotopic (exact) mass is 302 g/mol. The van der Waals surface area contributed by atoms with Crippen molar-refractivity contribution < 1.29 is 8.42 Å². The second kappa shape index (κ2) is 5.91. The number of sulfonamides is 1. The number of rotatable bonds is 7. The molecule has 2 unspecified atom stereocenters. The maximum atomic E-state index is 12.4. The Bertz CT molecular complexity index is 525. The van der Waals surface area contributed by atoms with E-state index < -0.39 is 10.0 Å². The fourth-order valence-corrected chi connectivity index (χ4v) is 4.91. The van der Waals surface area contributed by atoms with Gasteiger partial charge in [-0.15, -0.1) is 11.3 Å². The number of hydrogen-bond donors (Lipinski definition) is 1. The van der Waals surface area contributed by atoms with Crippen LogP contribution < -0.4 is 5.32 Å². The van der Waals surface area contributed by atoms with Crippen LogP contribution in [-0.2, 0) is 16.4 Å². The van der Waals surface area contributed by atoms with Gasteiger partial charge in [-0.2, -0.15) is 4.31 Å². The molecule has 2 rings (SSSR count). The molecule has 0 radical (unpaired) electrons. The van der Waals surface area contributed by atoms with E-state index in [0.717, 1.165) is 24.3 Å². The van der Waals surface area contributed by atoms with Gasteiger partial charge in [-0.05, 0) is 50.4 Å². The van der Waals surface area contributed by atoms with Crippen LogP contribution in [0.2, 0.25) is 0 Å². The fourth-order valence-electron chi connectivity index (χ4n) is 2.11. The molecule has 1 heterocycles. The average molecular weight is 302 g/mol. The molecular formula is C13H22N2O2S2. The first-order valence-electron chi connectivity index (χ1n) is 6.64. The zero-order valence-electron chi connectivity index (χ0n) is 11.7. The SMILES string of the molecule is CNCCc1ccc(S(=O)(=O)N(C)CC2CC2C)s1. The molecule has 108 valence electrons. The summed E-state index contributed by atoms with van der Waals surface area (Å²) in [5.41, 5.74) is 0. The van der Waals surface area contributed by atoms with Crippen molar-refractivity contribution in [2.24, 2.45) is 11.8 Å². The lowest BCUT2D eigenvalue weighted by atomic mass is 10.3. The van der Waals surface area contributed by atoms with Gasteiger partial charge in [0.05, 0.1) is 0 Å². The number of hydrogen-bond acceptors (Lipinski definition) is 4. The third kappa shape index (κ3) is 3.56. The molecule has 1 aliphatic carbocycles. The molecule has 1 saturated carbocycles. The third-order valence-electron chi connectivity index (χ3n) is 3.69. The summed E-state index contributed by atoms with van der Waals surface area (Å²) in [6.45, 7) is 3.69. The molecule has 0 spiro atoms. The average Bonchev–Trinajstić information content (AvgIpc) is 2.88. The van der Waals surface area contributed by atoms with Gasteiger partial charge < -0.3 is 5.32 Å². The van der Waals surface area contributed by atoms with Gasteiger partial charge in [0.25, 0.3) is 10.0 Å². The molecule has 1 aromatic rings. The minimum Gasteiger partial charge on any atom is -0.319 e. The minimum atomic E-state index is -3.29. The Labute approximate surface area is 119 Å². The largest absolute Gasteiger partial charge is 0.319 e. The zero-order valence-corrected chi connectivity index (χ0v) is 13.4. The molecule has 19 heavy (non-hydrogen) atoms. The van der Waals surface area contributed by atoms with Gasteiger partial charge in [-0.1, -0.05) is 6.92 Å². The van der Waals surface area contributed by atoms with Gasteiger partial charge in [0.15, 0.2) is 0 Å². The lowest BCUT2D eigenvalue weighted by Gasteiger charge is -2.15. The normalized spacial score (nSPS) is 22.9. The van der Waals surface area contributed by atoms with Crippen LogP contribution in [0.25, 0.3) is 0 Å². The van der Waals surface area contributed by atoms with Crippen molar-refractivity contribution in [3.63, 3.8) is 0 Å². The van der Waals surface area contributed by atoms with Crippen molar-refractivity contribution in [2.75, 3.05) is 27.2 Å². The maximum Gasteiger partial charge on any atom is 0.252 e. The Morgan fingerprint density at radius 3 is 2.74 bits per heavy atom. The van der Waals surface area contributed by atoms with Crippen molar-refractivity contribution in [2.45, 2.75) is 24.0 Å². The van der Waals surface area contributed by atoms with Gasteiger partial charge >= 0.3 is 0 Å². The Morgan fingerprint density at radius 2 is 2.16 bits per heavy atom. The van der Waals surface area contributed by atoms with E-state index in [0.29, 0.717) is 22.6 Å². The van der Waals surface area contributed by atoms with Crippen LogP contribution in [0.3, 0.4) is 0 Å². The minimum absolute atomic E-state index is 0.467. The topological polar surface area (TPSA) is 49.4 Å². The highest BCUT2D eigenvalue weighted by atomic mass is 32.2. The molecule has 1 aromatic heterocycles. The van der Waals surface area contributed by atoms with Crippen LogP contribution in [0.1, 0.15) is 18.2 Å². The van der Waals surface area contributed by atoms with Gasteiger partial charge in [-0.3, -0.25) is 0 Å². The number of nitrogens with one attached hydrogen (secondary N) is 1. The van der Waals surface area contributed by atoms with E-state index in [4.69, 9.17) is 0 Å². The molecule has 0 aromatic carbocycles. The second-order valence-electron chi connectivity index (χ2n) is 5.33. The molecule has 1 N–H and O–H groups in total. The predicted molar refractivity (Wildman–Crippen MR) is 79.0 cm³/mol. The Kier molecular flexibility index (Phi) is 4.66. The second-order valence-corrected chi connectivity index (χ2v) is 8.77. The lowest BCUT2D eigenvalue weighted by molar-refractivity contribution is 0.446. The summed E-state index contributed by atoms with van der Waals surface area (Å²) in [7, 11) is 0.296. The lowest BCUT2D eigenvalue weighted by Crippen LogP contribution is -2.28. The summed E-state index contributed by atoms with van der Waals surface area (Å²) in [4.78, 5) is 1.11. The van der Waals surface area contributed by atoms with Crippen molar-refractivity contribution in [1.29, 1.82) is 0 Å². The zero-order chi connectivity index (χ0) is 14.0. The van der Waals surface area contributed by atoms with Crippen LogP contribution in [0.5, 0.6) is 0 Å². The highest BCUT2D eigenvalue weighted by molar-refractivity contribution is 7.91. The summed E-state index contributed by atoms with van der Waals surface area (Å²) in [6.07, 6.45) is 2.03. The van der Waals surface area contributed by atoms with Crippen LogP contribution in [0.15, 0.2) is 16.3 Å². The molecule has 0 aliphatic heterocycles. The van der Waals surface area contributed by atoms with Gasteiger partial charge in [-0.25, -0.2) is 8.42 Å². The van der Waals surface area contributed by atoms with E-state index in [1.54, 1.807) is 13.1 Å². The smallest absolute Gasteiger partial charge is 0.252 e. The molecule has 6 heteroatoms. The summed E-state index contributed by atoms with van der Waals surface area (Å²) >= 11 is 1.39. The number of likely N-dealkylation sites (N-methyl/N-ethyl adjacent to an activating group) is 1. The van der Waals surface area contributed by atoms with E-state index in [-0.39, 0.29) is 0 Å². The first-order valence-corrected chi connectivity index (χ1v) is 8.90. The van der Waals surface area contributed by atoms with Crippen molar-refractivity contribution in [3.05, 3.63) is 17.0 Å². The van der Waals surface area contributed by atoms with E-state index in [9.17, 15) is 8.42 Å². The molecule has 2 atom stereocenters. The van der Waals surface area contributed by atoms with E-state index in [1.165, 1.54) is 15.6 Å². The molecule has 0 saturated heterocycles. The van der Waals surface area contributed by atoms with Crippen molar-refractivity contribution in [3.8, 4) is 0 Å². The fraction of sp³-hybridized carbons (Fsp3) is 0.692. The standard InChI is InChI=1S/C13H22N2O2S2/c1-10-8-11(10)9-15(3)19(16,17)13-5-4-12(18-13)6-7-14-2/h4-5,10-11,14H,6-9H2,1-3H3. The first-order chi connectivity index (χ1) is 8.95. The van der Waals surface area contributed by atoms with E-state index >= 15 is 0 Å². The van der Waals surface area contributed by atoms with Crippen LogP contribution in [0, 0.1) is 11.8 Å². The predicted octanol–water partition coefficient (Wildman–Crippen LogP) is 1.79. The molecular weight excluding hydrogens is 280 g/mol. The summed E-state index contributed by atoms with van der Waals surface area (Å²) in [5.74, 6) is 1.22. The highest BCUT2D eigenvalue weighted by Crippen LogP contribution is 2.39. The van der Waals surface area contributed by atoms with E-state index in [2.05, 4.69) is 12.2 Å². The Hall–Kier alpha value is -0.430. The van der Waals surface area contributed by atoms with Crippen LogP contribution >= 0.6 is 11.3 Å². The molecule has 0 amide bonds. The molecule has 1 aliphatic rings. The van der Waals surface area contributed by atoms with Gasteiger partial charge in [0.2, 0.25) is 0 Å². The molecule has 1 fully saturated rings. The quantitative estimate of drug-likeness (QED) is 0.835. The number of nitrogens with zero attached hydrogens (tertiary/aromatic N) is 1. The molecule has 4 nitrogen and oxygen atoms in total. The summed E-state index contributed by atoms with van der Waals surface area (Å²) < 4.78 is 26.8. The maximum absolute atomic E-state index is 12.4. The van der Waals surface area contributed by atoms with Crippen molar-refractivity contribution >= 4 is 21.4 Å². The van der Waals surface area contributed by atoms with Crippen molar-refractivity contribution in [1.82, 2.24) is 9.62 Å². The first kappa shape index (κ1) is 15.0. The highest BCUT2D eigenvalue weighted by Gasteiger charge is 2.36. The Morgan fingerprint density at radius 1 is 1.47 bits per heavy atom. The Balaban J connectivity index is 2.03. The number of thiophene rings is 1. The van der Waals surface area contributed by atoms with E-state index in [1.807, 2.05) is 13.1 Å².